The normalized spacial score (nSPS) is 11.8. The van der Waals surface area contributed by atoms with Gasteiger partial charge in [0.05, 0.1) is 21.4 Å². The maximum absolute atomic E-state index is 12.7. The molecule has 0 aromatic heterocycles. The third kappa shape index (κ3) is 10.7. The molecule has 50 heavy (non-hydrogen) atoms. The zero-order valence-corrected chi connectivity index (χ0v) is 31.3. The SMILES string of the molecule is COC(=O)[C@H](Cc1cc(I)c(O)c(-c2cc(C[C@H](NC(=O)OCc3ccccc3)C(=O)OC)cc(I)c2O)c1)NC(=O)OCc1ccccc1. The van der Waals surface area contributed by atoms with Crippen molar-refractivity contribution in [1.29, 1.82) is 0 Å². The molecule has 0 radical (unpaired) electrons. The van der Waals surface area contributed by atoms with E-state index in [4.69, 9.17) is 18.9 Å². The Kier molecular flexibility index (Phi) is 14.1. The number of benzene rings is 4. The first-order valence-corrected chi connectivity index (χ1v) is 17.3. The van der Waals surface area contributed by atoms with Crippen LogP contribution < -0.4 is 10.6 Å². The lowest BCUT2D eigenvalue weighted by Gasteiger charge is -2.19. The highest BCUT2D eigenvalue weighted by Crippen LogP contribution is 2.41. The second-order valence-electron chi connectivity index (χ2n) is 10.9. The number of carbonyl (C=O) groups is 4. The molecule has 0 spiro atoms. The first kappa shape index (κ1) is 38.2. The zero-order chi connectivity index (χ0) is 36.2. The molecular weight excluding hydrogens is 874 g/mol. The van der Waals surface area contributed by atoms with Gasteiger partial charge in [-0.15, -0.1) is 0 Å². The number of hydrogen-bond acceptors (Lipinski definition) is 10. The predicted octanol–water partition coefficient (Wildman–Crippen LogP) is 6.00. The predicted molar refractivity (Wildman–Crippen MR) is 199 cm³/mol. The Morgan fingerprint density at radius 1 is 0.600 bits per heavy atom. The summed E-state index contributed by atoms with van der Waals surface area (Å²) in [6.07, 6.45) is -1.72. The van der Waals surface area contributed by atoms with Crippen molar-refractivity contribution in [2.75, 3.05) is 14.2 Å². The lowest BCUT2D eigenvalue weighted by atomic mass is 9.95. The lowest BCUT2D eigenvalue weighted by molar-refractivity contribution is -0.143. The summed E-state index contributed by atoms with van der Waals surface area (Å²) in [4.78, 5) is 50.6. The van der Waals surface area contributed by atoms with Crippen LogP contribution in [-0.4, -0.2) is 60.6 Å². The molecule has 0 unspecified atom stereocenters. The van der Waals surface area contributed by atoms with Crippen LogP contribution in [-0.2, 0) is 54.6 Å². The van der Waals surface area contributed by atoms with E-state index in [1.165, 1.54) is 14.2 Å². The third-order valence-electron chi connectivity index (χ3n) is 7.40. The summed E-state index contributed by atoms with van der Waals surface area (Å²) in [5, 5.41) is 27.3. The van der Waals surface area contributed by atoms with E-state index in [1.54, 1.807) is 48.5 Å². The van der Waals surface area contributed by atoms with Crippen molar-refractivity contribution in [2.24, 2.45) is 0 Å². The number of rotatable bonds is 13. The molecule has 0 saturated heterocycles. The van der Waals surface area contributed by atoms with Gasteiger partial charge < -0.3 is 39.8 Å². The van der Waals surface area contributed by atoms with Gasteiger partial charge in [0.2, 0.25) is 0 Å². The van der Waals surface area contributed by atoms with E-state index >= 15 is 0 Å². The number of carbonyl (C=O) groups excluding carboxylic acids is 4. The van der Waals surface area contributed by atoms with Gasteiger partial charge in [0, 0.05) is 24.0 Å². The summed E-state index contributed by atoms with van der Waals surface area (Å²) >= 11 is 3.85. The van der Waals surface area contributed by atoms with E-state index in [1.807, 2.05) is 81.6 Å². The van der Waals surface area contributed by atoms with Crippen LogP contribution in [0.3, 0.4) is 0 Å². The van der Waals surface area contributed by atoms with Gasteiger partial charge in [-0.05, 0) is 91.7 Å². The highest BCUT2D eigenvalue weighted by Gasteiger charge is 2.27. The van der Waals surface area contributed by atoms with Gasteiger partial charge in [-0.1, -0.05) is 60.7 Å². The van der Waals surface area contributed by atoms with Crippen LogP contribution in [0.2, 0.25) is 0 Å². The summed E-state index contributed by atoms with van der Waals surface area (Å²) in [5.74, 6) is -1.71. The van der Waals surface area contributed by atoms with Crippen LogP contribution in [0.1, 0.15) is 22.3 Å². The van der Waals surface area contributed by atoms with Gasteiger partial charge in [0.15, 0.2) is 0 Å². The van der Waals surface area contributed by atoms with Gasteiger partial charge >= 0.3 is 24.1 Å². The van der Waals surface area contributed by atoms with E-state index in [-0.39, 0.29) is 48.7 Å². The van der Waals surface area contributed by atoms with Gasteiger partial charge in [0.25, 0.3) is 0 Å². The van der Waals surface area contributed by atoms with Gasteiger partial charge in [-0.3, -0.25) is 0 Å². The van der Waals surface area contributed by atoms with Crippen molar-refractivity contribution in [1.82, 2.24) is 10.6 Å². The second-order valence-corrected chi connectivity index (χ2v) is 13.2. The maximum atomic E-state index is 12.7. The number of amides is 2. The molecule has 2 amide bonds. The summed E-state index contributed by atoms with van der Waals surface area (Å²) < 4.78 is 21.2. The monoisotopic (exact) mass is 908 g/mol. The van der Waals surface area contributed by atoms with Crippen molar-refractivity contribution in [2.45, 2.75) is 38.1 Å². The molecule has 0 saturated carbocycles. The van der Waals surface area contributed by atoms with Gasteiger partial charge in [0.1, 0.15) is 36.8 Å². The van der Waals surface area contributed by atoms with Crippen LogP contribution >= 0.6 is 45.2 Å². The number of alkyl carbamates (subject to hydrolysis) is 2. The summed E-state index contributed by atoms with van der Waals surface area (Å²) in [7, 11) is 2.40. The molecule has 0 aliphatic carbocycles. The number of methoxy groups -OCH3 is 2. The quantitative estimate of drug-likeness (QED) is 0.0710. The smallest absolute Gasteiger partial charge is 0.408 e. The lowest BCUT2D eigenvalue weighted by Crippen LogP contribution is -2.43. The number of phenolic OH excluding ortho intramolecular Hbond substituents is 2. The molecule has 262 valence electrons. The van der Waals surface area contributed by atoms with Crippen molar-refractivity contribution in [3.8, 4) is 22.6 Å². The molecule has 2 atom stereocenters. The van der Waals surface area contributed by atoms with E-state index in [2.05, 4.69) is 10.6 Å². The molecule has 4 aromatic carbocycles. The summed E-state index contributed by atoms with van der Waals surface area (Å²) in [6.45, 7) is -0.00535. The minimum atomic E-state index is -1.13. The minimum absolute atomic E-state index is 0.00268. The zero-order valence-electron chi connectivity index (χ0n) is 27.0. The Morgan fingerprint density at radius 3 is 1.30 bits per heavy atom. The number of halogens is 2. The molecule has 14 heteroatoms. The van der Waals surface area contributed by atoms with Crippen LogP contribution in [0.25, 0.3) is 11.1 Å². The maximum Gasteiger partial charge on any atom is 0.408 e. The first-order chi connectivity index (χ1) is 24.0. The van der Waals surface area contributed by atoms with E-state index < -0.39 is 36.2 Å². The molecule has 0 aliphatic rings. The highest BCUT2D eigenvalue weighted by molar-refractivity contribution is 14.1. The minimum Gasteiger partial charge on any atom is -0.506 e. The fourth-order valence-electron chi connectivity index (χ4n) is 4.91. The summed E-state index contributed by atoms with van der Waals surface area (Å²) in [6, 6.07) is 22.3. The van der Waals surface area contributed by atoms with Crippen molar-refractivity contribution in [3.63, 3.8) is 0 Å². The molecular formula is C36H34I2N2O10. The largest absolute Gasteiger partial charge is 0.506 e. The van der Waals surface area contributed by atoms with E-state index in [0.717, 1.165) is 11.1 Å². The Bertz CT molecular complexity index is 1690. The molecule has 0 fully saturated rings. The third-order valence-corrected chi connectivity index (χ3v) is 9.04. The standard InChI is InChI=1S/C36H34I2N2O10/c1-47-33(43)29(39-35(45)49-19-21-9-5-3-6-10-21)17-23-13-25(31(41)27(37)15-23)26-14-24(16-28(38)32(26)42)18-30(34(44)48-2)40-36(46)50-20-22-11-7-4-8-12-22/h3-16,29-30,41-42H,17-20H2,1-2H3,(H,39,45)(H,40,46)/t29-,30-/m0/s1. The first-order valence-electron chi connectivity index (χ1n) is 15.1. The Labute approximate surface area is 315 Å². The van der Waals surface area contributed by atoms with Gasteiger partial charge in [-0.2, -0.15) is 0 Å². The topological polar surface area (TPSA) is 170 Å². The van der Waals surface area contributed by atoms with Crippen LogP contribution in [0.4, 0.5) is 9.59 Å². The number of esters is 2. The van der Waals surface area contributed by atoms with Crippen molar-refractivity contribution < 1.29 is 48.3 Å². The molecule has 12 nitrogen and oxygen atoms in total. The Morgan fingerprint density at radius 2 is 0.960 bits per heavy atom. The number of phenols is 2. The van der Waals surface area contributed by atoms with Crippen LogP contribution in [0.15, 0.2) is 84.9 Å². The van der Waals surface area contributed by atoms with E-state index in [0.29, 0.717) is 18.3 Å². The number of aromatic hydroxyl groups is 2. The average Bonchev–Trinajstić information content (AvgIpc) is 3.12. The fourth-order valence-corrected chi connectivity index (χ4v) is 6.29. The molecule has 4 rings (SSSR count). The highest BCUT2D eigenvalue weighted by atomic mass is 127. The molecule has 0 bridgehead atoms. The Balaban J connectivity index is 1.56. The molecule has 0 aliphatic heterocycles. The molecule has 4 aromatic rings. The fraction of sp³-hybridized carbons (Fsp3) is 0.222. The average molecular weight is 908 g/mol. The second kappa shape index (κ2) is 18.4. The number of hydrogen-bond donors (Lipinski definition) is 4. The van der Waals surface area contributed by atoms with Gasteiger partial charge in [-0.25, -0.2) is 19.2 Å². The Hall–Kier alpha value is -4.58. The number of nitrogens with one attached hydrogen (secondary N) is 2. The van der Waals surface area contributed by atoms with Crippen molar-refractivity contribution >= 4 is 69.3 Å². The van der Waals surface area contributed by atoms with E-state index in [9.17, 15) is 29.4 Å². The van der Waals surface area contributed by atoms with Crippen molar-refractivity contribution in [3.05, 3.63) is 114 Å². The molecule has 4 N–H and O–H groups in total. The van der Waals surface area contributed by atoms with Crippen LogP contribution in [0, 0.1) is 7.14 Å². The number of ether oxygens (including phenoxy) is 4. The van der Waals surface area contributed by atoms with Crippen LogP contribution in [0.5, 0.6) is 11.5 Å². The summed E-state index contributed by atoms with van der Waals surface area (Å²) in [5.41, 5.74) is 3.03. The molecule has 0 heterocycles.